The lowest BCUT2D eigenvalue weighted by Crippen LogP contribution is -2.36. The quantitative estimate of drug-likeness (QED) is 0.792. The maximum absolute atomic E-state index is 6.22. The highest BCUT2D eigenvalue weighted by Gasteiger charge is 2.18. The summed E-state index contributed by atoms with van der Waals surface area (Å²) in [6, 6.07) is 9.89. The lowest BCUT2D eigenvalue weighted by molar-refractivity contribution is 0.123. The average molecular weight is 426 g/mol. The summed E-state index contributed by atoms with van der Waals surface area (Å²) in [5, 5.41) is 4.22. The molecule has 0 radical (unpaired) electrons. The lowest BCUT2D eigenvalue weighted by atomic mass is 10.1. The van der Waals surface area contributed by atoms with Crippen molar-refractivity contribution in [3.63, 3.8) is 0 Å². The smallest absolute Gasteiger partial charge is 0.231 e. The topological polar surface area (TPSA) is 43.0 Å². The zero-order valence-electron chi connectivity index (χ0n) is 13.6. The van der Waals surface area contributed by atoms with E-state index in [1.807, 2.05) is 24.3 Å². The number of fused-ring (bicyclic) bond motifs is 1. The van der Waals surface area contributed by atoms with Crippen molar-refractivity contribution in [3.05, 3.63) is 45.4 Å². The van der Waals surface area contributed by atoms with Gasteiger partial charge >= 0.3 is 0 Å². The van der Waals surface area contributed by atoms with Crippen molar-refractivity contribution in [2.45, 2.75) is 6.54 Å². The van der Waals surface area contributed by atoms with Gasteiger partial charge in [0.1, 0.15) is 0 Å². The monoisotopic (exact) mass is 424 g/mol. The molecule has 2 aromatic rings. The van der Waals surface area contributed by atoms with Crippen LogP contribution in [-0.4, -0.2) is 33.1 Å². The molecule has 25 heavy (non-hydrogen) atoms. The molecule has 2 aromatic carbocycles. The van der Waals surface area contributed by atoms with E-state index in [9.17, 15) is 0 Å². The van der Waals surface area contributed by atoms with Crippen molar-refractivity contribution in [1.82, 2.24) is 0 Å². The van der Waals surface area contributed by atoms with Gasteiger partial charge < -0.3 is 24.4 Å². The van der Waals surface area contributed by atoms with E-state index >= 15 is 0 Å². The largest absolute Gasteiger partial charge is 0.454 e. The van der Waals surface area contributed by atoms with E-state index in [4.69, 9.17) is 25.8 Å². The Kier molecular flexibility index (Phi) is 4.92. The zero-order valence-corrected chi connectivity index (χ0v) is 15.9. The number of ether oxygens (including phenoxy) is 3. The van der Waals surface area contributed by atoms with Crippen molar-refractivity contribution < 1.29 is 14.2 Å². The molecule has 0 atom stereocenters. The highest BCUT2D eigenvalue weighted by molar-refractivity contribution is 9.10. The molecule has 0 aliphatic carbocycles. The van der Waals surface area contributed by atoms with E-state index in [0.717, 1.165) is 59.2 Å². The maximum Gasteiger partial charge on any atom is 0.231 e. The molecule has 0 spiro atoms. The Bertz CT molecular complexity index is 781. The van der Waals surface area contributed by atoms with Gasteiger partial charge in [-0.15, -0.1) is 0 Å². The Morgan fingerprint density at radius 1 is 1.08 bits per heavy atom. The van der Waals surface area contributed by atoms with Crippen molar-refractivity contribution >= 4 is 38.9 Å². The number of benzene rings is 2. The van der Waals surface area contributed by atoms with Gasteiger partial charge in [-0.1, -0.05) is 27.5 Å². The van der Waals surface area contributed by atoms with Gasteiger partial charge in [-0.05, 0) is 35.9 Å². The second-order valence-electron chi connectivity index (χ2n) is 5.91. The molecule has 0 saturated carbocycles. The predicted octanol–water partition coefficient (Wildman–Crippen LogP) is 4.28. The minimum atomic E-state index is 0.272. The minimum absolute atomic E-state index is 0.272. The summed E-state index contributed by atoms with van der Waals surface area (Å²) in [5.41, 5.74) is 3.25. The standard InChI is InChI=1S/C18H18BrClN2O3/c19-14-9-18-17(24-11-25-18)7-12(14)10-21-15-8-13(20)1-2-16(15)22-3-5-23-6-4-22/h1-2,7-9,21H,3-6,10-11H2. The van der Waals surface area contributed by atoms with Crippen LogP contribution in [0.2, 0.25) is 5.02 Å². The van der Waals surface area contributed by atoms with Crippen LogP contribution in [0.4, 0.5) is 11.4 Å². The van der Waals surface area contributed by atoms with Gasteiger partial charge in [0, 0.05) is 29.1 Å². The number of morpholine rings is 1. The molecule has 0 bridgehead atoms. The van der Waals surface area contributed by atoms with Crippen molar-refractivity contribution in [2.24, 2.45) is 0 Å². The Balaban J connectivity index is 1.55. The molecule has 7 heteroatoms. The summed E-state index contributed by atoms with van der Waals surface area (Å²) < 4.78 is 17.3. The van der Waals surface area contributed by atoms with E-state index in [2.05, 4.69) is 32.2 Å². The molecule has 5 nitrogen and oxygen atoms in total. The number of nitrogens with one attached hydrogen (secondary N) is 1. The van der Waals surface area contributed by atoms with E-state index in [-0.39, 0.29) is 6.79 Å². The van der Waals surface area contributed by atoms with Gasteiger partial charge in [0.2, 0.25) is 6.79 Å². The molecule has 4 rings (SSSR count). The first-order chi connectivity index (χ1) is 12.2. The van der Waals surface area contributed by atoms with Crippen LogP contribution in [0, 0.1) is 0 Å². The number of nitrogens with zero attached hydrogens (tertiary/aromatic N) is 1. The number of hydrogen-bond acceptors (Lipinski definition) is 5. The van der Waals surface area contributed by atoms with Crippen LogP contribution >= 0.6 is 27.5 Å². The van der Waals surface area contributed by atoms with E-state index < -0.39 is 0 Å². The fourth-order valence-corrected chi connectivity index (χ4v) is 3.65. The fraction of sp³-hybridized carbons (Fsp3) is 0.333. The molecule has 2 aliphatic heterocycles. The van der Waals surface area contributed by atoms with E-state index in [1.165, 1.54) is 0 Å². The van der Waals surface area contributed by atoms with Crippen LogP contribution in [0.1, 0.15) is 5.56 Å². The molecule has 0 unspecified atom stereocenters. The van der Waals surface area contributed by atoms with E-state index in [0.29, 0.717) is 11.6 Å². The first kappa shape index (κ1) is 16.8. The third-order valence-electron chi connectivity index (χ3n) is 4.32. The number of anilines is 2. The zero-order chi connectivity index (χ0) is 17.2. The molecule has 2 aliphatic rings. The third kappa shape index (κ3) is 3.66. The van der Waals surface area contributed by atoms with Gasteiger partial charge in [-0.3, -0.25) is 0 Å². The maximum atomic E-state index is 6.22. The normalized spacial score (nSPS) is 16.2. The van der Waals surface area contributed by atoms with E-state index in [1.54, 1.807) is 0 Å². The molecule has 1 N–H and O–H groups in total. The molecular weight excluding hydrogens is 408 g/mol. The highest BCUT2D eigenvalue weighted by Crippen LogP contribution is 2.37. The summed E-state index contributed by atoms with van der Waals surface area (Å²) in [5.74, 6) is 1.55. The van der Waals surface area contributed by atoms with Crippen LogP contribution in [0.15, 0.2) is 34.8 Å². The lowest BCUT2D eigenvalue weighted by Gasteiger charge is -2.31. The van der Waals surface area contributed by atoms with Crippen molar-refractivity contribution in [1.29, 1.82) is 0 Å². The Morgan fingerprint density at radius 3 is 2.64 bits per heavy atom. The summed E-state index contributed by atoms with van der Waals surface area (Å²) >= 11 is 9.82. The van der Waals surface area contributed by atoms with Crippen LogP contribution in [-0.2, 0) is 11.3 Å². The summed E-state index contributed by atoms with van der Waals surface area (Å²) in [6.07, 6.45) is 0. The molecule has 132 valence electrons. The van der Waals surface area contributed by atoms with Crippen molar-refractivity contribution in [2.75, 3.05) is 43.3 Å². The van der Waals surface area contributed by atoms with Crippen LogP contribution < -0.4 is 19.7 Å². The Hall–Kier alpha value is -1.63. The van der Waals surface area contributed by atoms with Crippen LogP contribution in [0.25, 0.3) is 0 Å². The van der Waals surface area contributed by atoms with Crippen LogP contribution in [0.3, 0.4) is 0 Å². The molecule has 2 heterocycles. The number of rotatable bonds is 4. The third-order valence-corrected chi connectivity index (χ3v) is 5.29. The second kappa shape index (κ2) is 7.32. The minimum Gasteiger partial charge on any atom is -0.454 e. The first-order valence-electron chi connectivity index (χ1n) is 8.15. The van der Waals surface area contributed by atoms with Gasteiger partial charge in [0.25, 0.3) is 0 Å². The van der Waals surface area contributed by atoms with Crippen LogP contribution in [0.5, 0.6) is 11.5 Å². The highest BCUT2D eigenvalue weighted by atomic mass is 79.9. The molecule has 1 saturated heterocycles. The number of halogens is 2. The Morgan fingerprint density at radius 2 is 1.84 bits per heavy atom. The SMILES string of the molecule is Clc1ccc(N2CCOCC2)c(NCc2cc3c(cc2Br)OCO3)c1. The summed E-state index contributed by atoms with van der Waals surface area (Å²) in [6.45, 7) is 4.17. The molecule has 0 aromatic heterocycles. The fourth-order valence-electron chi connectivity index (χ4n) is 3.02. The first-order valence-corrected chi connectivity index (χ1v) is 9.32. The van der Waals surface area contributed by atoms with Crippen molar-refractivity contribution in [3.8, 4) is 11.5 Å². The van der Waals surface area contributed by atoms with Gasteiger partial charge in [-0.2, -0.15) is 0 Å². The average Bonchev–Trinajstić information content (AvgIpc) is 3.07. The number of hydrogen-bond donors (Lipinski definition) is 1. The van der Waals surface area contributed by atoms with Gasteiger partial charge in [-0.25, -0.2) is 0 Å². The summed E-state index contributed by atoms with van der Waals surface area (Å²) in [4.78, 5) is 2.32. The molecule has 1 fully saturated rings. The second-order valence-corrected chi connectivity index (χ2v) is 7.20. The molecular formula is C18H18BrClN2O3. The molecule has 0 amide bonds. The van der Waals surface area contributed by atoms with Gasteiger partial charge in [0.05, 0.1) is 24.6 Å². The predicted molar refractivity (Wildman–Crippen MR) is 102 cm³/mol. The van der Waals surface area contributed by atoms with Gasteiger partial charge in [0.15, 0.2) is 11.5 Å². The Labute approximate surface area is 159 Å². The summed E-state index contributed by atoms with van der Waals surface area (Å²) in [7, 11) is 0.